The summed E-state index contributed by atoms with van der Waals surface area (Å²) >= 11 is 0. The molecular formula is C10H10N2O2. The maximum atomic E-state index is 10.6. The standard InChI is InChI=1S/C10H10N2O2/c1-7(12(13)14)10-6-8-4-2-3-5-9(8)11-10/h2-7,11H,1H3. The van der Waals surface area contributed by atoms with Crippen molar-refractivity contribution in [2.75, 3.05) is 0 Å². The Morgan fingerprint density at radius 1 is 1.43 bits per heavy atom. The number of nitrogens with zero attached hydrogens (tertiary/aromatic N) is 1. The summed E-state index contributed by atoms with van der Waals surface area (Å²) in [6, 6.07) is 8.80. The lowest BCUT2D eigenvalue weighted by Gasteiger charge is -1.98. The van der Waals surface area contributed by atoms with Gasteiger partial charge in [0.05, 0.1) is 5.69 Å². The van der Waals surface area contributed by atoms with Crippen LogP contribution in [0.3, 0.4) is 0 Å². The molecule has 0 aliphatic rings. The fraction of sp³-hybridized carbons (Fsp3) is 0.200. The molecule has 1 unspecified atom stereocenters. The molecule has 1 heterocycles. The van der Waals surface area contributed by atoms with Gasteiger partial charge in [-0.15, -0.1) is 0 Å². The molecule has 4 heteroatoms. The molecule has 14 heavy (non-hydrogen) atoms. The van der Waals surface area contributed by atoms with Gasteiger partial charge in [-0.3, -0.25) is 10.1 Å². The third-order valence-electron chi connectivity index (χ3n) is 2.32. The highest BCUT2D eigenvalue weighted by atomic mass is 16.6. The first-order valence-corrected chi connectivity index (χ1v) is 4.39. The average molecular weight is 190 g/mol. The van der Waals surface area contributed by atoms with Gasteiger partial charge < -0.3 is 4.98 Å². The van der Waals surface area contributed by atoms with Gasteiger partial charge in [0, 0.05) is 17.4 Å². The van der Waals surface area contributed by atoms with Gasteiger partial charge in [0.15, 0.2) is 0 Å². The van der Waals surface area contributed by atoms with Crippen LogP contribution >= 0.6 is 0 Å². The van der Waals surface area contributed by atoms with Gasteiger partial charge in [-0.1, -0.05) is 18.2 Å². The summed E-state index contributed by atoms with van der Waals surface area (Å²) in [5.41, 5.74) is 1.59. The van der Waals surface area contributed by atoms with Crippen molar-refractivity contribution < 1.29 is 4.92 Å². The van der Waals surface area contributed by atoms with Crippen molar-refractivity contribution in [2.45, 2.75) is 13.0 Å². The molecule has 4 nitrogen and oxygen atoms in total. The molecule has 0 radical (unpaired) electrons. The lowest BCUT2D eigenvalue weighted by molar-refractivity contribution is -0.525. The topological polar surface area (TPSA) is 58.9 Å². The fourth-order valence-corrected chi connectivity index (χ4v) is 1.43. The van der Waals surface area contributed by atoms with E-state index in [1.807, 2.05) is 30.3 Å². The highest BCUT2D eigenvalue weighted by molar-refractivity contribution is 5.80. The first-order valence-electron chi connectivity index (χ1n) is 4.39. The number of rotatable bonds is 2. The number of para-hydroxylation sites is 1. The van der Waals surface area contributed by atoms with E-state index in [2.05, 4.69) is 4.98 Å². The lowest BCUT2D eigenvalue weighted by Crippen LogP contribution is -2.05. The first-order chi connectivity index (χ1) is 6.68. The Hall–Kier alpha value is -1.84. The Morgan fingerprint density at radius 2 is 2.14 bits per heavy atom. The van der Waals surface area contributed by atoms with Crippen LogP contribution in [0.15, 0.2) is 30.3 Å². The minimum absolute atomic E-state index is 0.301. The number of benzene rings is 1. The van der Waals surface area contributed by atoms with Crippen LogP contribution in [0.1, 0.15) is 18.7 Å². The molecule has 1 aromatic heterocycles. The molecule has 0 fully saturated rings. The Balaban J connectivity index is 2.50. The highest BCUT2D eigenvalue weighted by Gasteiger charge is 2.17. The molecule has 1 N–H and O–H groups in total. The van der Waals surface area contributed by atoms with Gasteiger partial charge in [0.1, 0.15) is 0 Å². The van der Waals surface area contributed by atoms with Crippen LogP contribution in [0, 0.1) is 10.1 Å². The third kappa shape index (κ3) is 1.35. The minimum atomic E-state index is -0.678. The maximum Gasteiger partial charge on any atom is 0.249 e. The Kier molecular flexibility index (Phi) is 1.96. The Bertz CT molecular complexity index is 443. The summed E-state index contributed by atoms with van der Waals surface area (Å²) in [5, 5.41) is 11.6. The maximum absolute atomic E-state index is 10.6. The summed E-state index contributed by atoms with van der Waals surface area (Å²) < 4.78 is 0. The molecule has 72 valence electrons. The Morgan fingerprint density at radius 3 is 2.79 bits per heavy atom. The van der Waals surface area contributed by atoms with E-state index >= 15 is 0 Å². The predicted octanol–water partition coefficient (Wildman–Crippen LogP) is 2.51. The van der Waals surface area contributed by atoms with Crippen molar-refractivity contribution >= 4 is 10.9 Å². The highest BCUT2D eigenvalue weighted by Crippen LogP contribution is 2.20. The van der Waals surface area contributed by atoms with Crippen molar-refractivity contribution in [3.63, 3.8) is 0 Å². The summed E-state index contributed by atoms with van der Waals surface area (Å²) in [7, 11) is 0. The fourth-order valence-electron chi connectivity index (χ4n) is 1.43. The summed E-state index contributed by atoms with van der Waals surface area (Å²) in [6.45, 7) is 1.57. The normalized spacial score (nSPS) is 12.9. The largest absolute Gasteiger partial charge is 0.353 e. The summed E-state index contributed by atoms with van der Waals surface area (Å²) in [4.78, 5) is 13.3. The lowest BCUT2D eigenvalue weighted by atomic mass is 10.2. The molecule has 0 saturated carbocycles. The van der Waals surface area contributed by atoms with Crippen LogP contribution < -0.4 is 0 Å². The van der Waals surface area contributed by atoms with Gasteiger partial charge in [-0.2, -0.15) is 0 Å². The number of hydrogen-bond acceptors (Lipinski definition) is 2. The molecule has 0 aliphatic carbocycles. The zero-order valence-corrected chi connectivity index (χ0v) is 7.73. The van der Waals surface area contributed by atoms with E-state index in [-0.39, 0.29) is 4.92 Å². The van der Waals surface area contributed by atoms with Crippen LogP contribution in [-0.2, 0) is 0 Å². The van der Waals surface area contributed by atoms with Gasteiger partial charge in [-0.05, 0) is 17.5 Å². The van der Waals surface area contributed by atoms with Crippen molar-refractivity contribution in [3.8, 4) is 0 Å². The smallest absolute Gasteiger partial charge is 0.249 e. The molecular weight excluding hydrogens is 180 g/mol. The molecule has 2 aromatic rings. The molecule has 0 amide bonds. The number of nitro groups is 1. The second-order valence-electron chi connectivity index (χ2n) is 3.27. The number of H-pyrrole nitrogens is 1. The van der Waals surface area contributed by atoms with E-state index in [0.717, 1.165) is 10.9 Å². The van der Waals surface area contributed by atoms with Gasteiger partial charge in [0.2, 0.25) is 6.04 Å². The first kappa shape index (κ1) is 8.74. The van der Waals surface area contributed by atoms with E-state index < -0.39 is 6.04 Å². The van der Waals surface area contributed by atoms with Gasteiger partial charge in [0.25, 0.3) is 0 Å². The Labute approximate surface area is 80.7 Å². The summed E-state index contributed by atoms with van der Waals surface area (Å²) in [6.07, 6.45) is 0. The van der Waals surface area contributed by atoms with E-state index in [1.165, 1.54) is 0 Å². The molecule has 0 aliphatic heterocycles. The summed E-state index contributed by atoms with van der Waals surface area (Å²) in [5.74, 6) is 0. The van der Waals surface area contributed by atoms with Crippen LogP contribution in [0.5, 0.6) is 0 Å². The van der Waals surface area contributed by atoms with Crippen molar-refractivity contribution in [3.05, 3.63) is 46.1 Å². The quantitative estimate of drug-likeness (QED) is 0.584. The van der Waals surface area contributed by atoms with Crippen LogP contribution in [0.2, 0.25) is 0 Å². The van der Waals surface area contributed by atoms with Crippen LogP contribution in [-0.4, -0.2) is 9.91 Å². The predicted molar refractivity (Wildman–Crippen MR) is 53.7 cm³/mol. The number of aromatic nitrogens is 1. The van der Waals surface area contributed by atoms with Crippen molar-refractivity contribution in [2.24, 2.45) is 0 Å². The van der Waals surface area contributed by atoms with Crippen LogP contribution in [0.25, 0.3) is 10.9 Å². The number of aromatic amines is 1. The molecule has 0 spiro atoms. The second-order valence-corrected chi connectivity index (χ2v) is 3.27. The monoisotopic (exact) mass is 190 g/mol. The third-order valence-corrected chi connectivity index (χ3v) is 2.32. The van der Waals surface area contributed by atoms with E-state index in [4.69, 9.17) is 0 Å². The van der Waals surface area contributed by atoms with Crippen LogP contribution in [0.4, 0.5) is 0 Å². The molecule has 1 atom stereocenters. The van der Waals surface area contributed by atoms with Gasteiger partial charge in [-0.25, -0.2) is 0 Å². The van der Waals surface area contributed by atoms with Gasteiger partial charge >= 0.3 is 0 Å². The number of nitrogens with one attached hydrogen (secondary N) is 1. The second kappa shape index (κ2) is 3.14. The SMILES string of the molecule is CC(c1cc2ccccc2[nH]1)[N+](=O)[O-]. The van der Waals surface area contributed by atoms with Crippen molar-refractivity contribution in [1.82, 2.24) is 4.98 Å². The molecule has 0 saturated heterocycles. The van der Waals surface area contributed by atoms with E-state index in [0.29, 0.717) is 5.69 Å². The number of fused-ring (bicyclic) bond motifs is 1. The minimum Gasteiger partial charge on any atom is -0.353 e. The zero-order valence-electron chi connectivity index (χ0n) is 7.73. The van der Waals surface area contributed by atoms with E-state index in [1.54, 1.807) is 6.92 Å². The number of hydrogen-bond donors (Lipinski definition) is 1. The average Bonchev–Trinajstić information content (AvgIpc) is 2.59. The van der Waals surface area contributed by atoms with E-state index in [9.17, 15) is 10.1 Å². The zero-order chi connectivity index (χ0) is 10.1. The molecule has 1 aromatic carbocycles. The molecule has 2 rings (SSSR count). The van der Waals surface area contributed by atoms with Crippen molar-refractivity contribution in [1.29, 1.82) is 0 Å². The molecule has 0 bridgehead atoms.